The monoisotopic (exact) mass is 295 g/mol. The molecule has 4 nitrogen and oxygen atoms in total. The highest BCUT2D eigenvalue weighted by atomic mass is 32.1. The maximum atomic E-state index is 11.6. The van der Waals surface area contributed by atoms with Crippen LogP contribution in [0.25, 0.3) is 0 Å². The number of hydrazine groups is 1. The van der Waals surface area contributed by atoms with E-state index >= 15 is 0 Å². The molecule has 2 heterocycles. The van der Waals surface area contributed by atoms with E-state index in [-0.39, 0.29) is 5.91 Å². The molecule has 5 heteroatoms. The van der Waals surface area contributed by atoms with E-state index in [4.69, 9.17) is 5.84 Å². The topological polar surface area (TPSA) is 58.4 Å². The Bertz CT molecular complexity index is 458. The first-order valence-electron chi connectivity index (χ1n) is 7.46. The van der Waals surface area contributed by atoms with Crippen molar-refractivity contribution in [2.75, 3.05) is 13.1 Å². The maximum Gasteiger partial charge on any atom is 0.275 e. The van der Waals surface area contributed by atoms with Crippen LogP contribution in [0.4, 0.5) is 0 Å². The van der Waals surface area contributed by atoms with E-state index in [2.05, 4.69) is 24.2 Å². The largest absolute Gasteiger partial charge is 0.299 e. The Balaban J connectivity index is 1.99. The van der Waals surface area contributed by atoms with E-state index in [1.807, 2.05) is 6.07 Å². The van der Waals surface area contributed by atoms with Crippen molar-refractivity contribution in [2.45, 2.75) is 46.1 Å². The van der Waals surface area contributed by atoms with Gasteiger partial charge in [0, 0.05) is 11.4 Å². The molecule has 20 heavy (non-hydrogen) atoms. The van der Waals surface area contributed by atoms with E-state index in [1.54, 1.807) is 0 Å². The third-order valence-corrected chi connectivity index (χ3v) is 5.38. The van der Waals surface area contributed by atoms with Crippen LogP contribution in [-0.4, -0.2) is 23.9 Å². The Labute approximate surface area is 125 Å². The molecule has 3 N–H and O–H groups in total. The Hall–Kier alpha value is -0.910. The molecule has 1 fully saturated rings. The van der Waals surface area contributed by atoms with Crippen LogP contribution in [0.5, 0.6) is 0 Å². The molecule has 1 atom stereocenters. The Morgan fingerprint density at radius 3 is 3.00 bits per heavy atom. The number of likely N-dealkylation sites (tertiary alicyclic amines) is 1. The highest BCUT2D eigenvalue weighted by Crippen LogP contribution is 2.25. The first-order valence-corrected chi connectivity index (χ1v) is 8.28. The molecule has 1 aliphatic heterocycles. The molecule has 1 unspecified atom stereocenters. The van der Waals surface area contributed by atoms with Crippen molar-refractivity contribution in [3.05, 3.63) is 21.4 Å². The van der Waals surface area contributed by atoms with Gasteiger partial charge in [0.2, 0.25) is 0 Å². The highest BCUT2D eigenvalue weighted by molar-refractivity contribution is 7.14. The fourth-order valence-corrected chi connectivity index (χ4v) is 3.83. The summed E-state index contributed by atoms with van der Waals surface area (Å²) in [7, 11) is 0. The van der Waals surface area contributed by atoms with Gasteiger partial charge in [0.05, 0.1) is 4.88 Å². The molecule has 0 aliphatic carbocycles. The zero-order chi connectivity index (χ0) is 14.5. The number of hydrogen-bond donors (Lipinski definition) is 2. The second-order valence-electron chi connectivity index (χ2n) is 5.65. The number of nitrogens with two attached hydrogens (primary N) is 1. The Morgan fingerprint density at radius 1 is 1.50 bits per heavy atom. The number of nitrogens with zero attached hydrogens (tertiary/aromatic N) is 1. The minimum absolute atomic E-state index is 0.189. The van der Waals surface area contributed by atoms with Crippen LogP contribution in [0.3, 0.4) is 0 Å². The number of carbonyl (C=O) groups is 1. The second-order valence-corrected chi connectivity index (χ2v) is 6.90. The number of thiophene rings is 1. The van der Waals surface area contributed by atoms with E-state index in [1.165, 1.54) is 60.6 Å². The molecule has 1 aromatic rings. The van der Waals surface area contributed by atoms with Gasteiger partial charge in [-0.05, 0) is 56.8 Å². The summed E-state index contributed by atoms with van der Waals surface area (Å²) in [5.74, 6) is 5.90. The molecule has 1 amide bonds. The summed E-state index contributed by atoms with van der Waals surface area (Å²) in [6.45, 7) is 7.67. The van der Waals surface area contributed by atoms with Crippen LogP contribution in [0.2, 0.25) is 0 Å². The fraction of sp³-hybridized carbons (Fsp3) is 0.667. The minimum Gasteiger partial charge on any atom is -0.299 e. The van der Waals surface area contributed by atoms with Crippen molar-refractivity contribution in [2.24, 2.45) is 11.8 Å². The number of amides is 1. The van der Waals surface area contributed by atoms with Crippen LogP contribution in [0, 0.1) is 12.8 Å². The minimum atomic E-state index is -0.189. The van der Waals surface area contributed by atoms with Gasteiger partial charge in [-0.25, -0.2) is 5.84 Å². The standard InChI is InChI=1S/C15H25N3OS/c1-3-12-5-4-7-18(8-6-12)10-13-9-14(15(19)17-16)20-11(13)2/h9,12H,3-8,10,16H2,1-2H3,(H,17,19). The molecule has 0 radical (unpaired) electrons. The summed E-state index contributed by atoms with van der Waals surface area (Å²) in [6, 6.07) is 1.99. The average molecular weight is 295 g/mol. The molecule has 1 aromatic heterocycles. The third kappa shape index (κ3) is 3.81. The summed E-state index contributed by atoms with van der Waals surface area (Å²) in [4.78, 5) is 16.0. The van der Waals surface area contributed by atoms with Crippen LogP contribution < -0.4 is 11.3 Å². The van der Waals surface area contributed by atoms with Crippen molar-refractivity contribution >= 4 is 17.2 Å². The second kappa shape index (κ2) is 7.20. The molecular weight excluding hydrogens is 270 g/mol. The molecule has 112 valence electrons. The molecular formula is C15H25N3OS. The van der Waals surface area contributed by atoms with E-state index < -0.39 is 0 Å². The SMILES string of the molecule is CCC1CCCN(Cc2cc(C(=O)NN)sc2C)CC1. The highest BCUT2D eigenvalue weighted by Gasteiger charge is 2.18. The number of nitrogens with one attached hydrogen (secondary N) is 1. The normalized spacial score (nSPS) is 20.6. The zero-order valence-electron chi connectivity index (χ0n) is 12.4. The van der Waals surface area contributed by atoms with Gasteiger partial charge in [-0.2, -0.15) is 0 Å². The summed E-state index contributed by atoms with van der Waals surface area (Å²) in [5.41, 5.74) is 3.47. The number of aryl methyl sites for hydroxylation is 1. The number of hydrogen-bond acceptors (Lipinski definition) is 4. The predicted molar refractivity (Wildman–Crippen MR) is 83.6 cm³/mol. The van der Waals surface area contributed by atoms with E-state index in [0.29, 0.717) is 4.88 Å². The van der Waals surface area contributed by atoms with Crippen LogP contribution in [-0.2, 0) is 6.54 Å². The fourth-order valence-electron chi connectivity index (χ4n) is 2.89. The van der Waals surface area contributed by atoms with Gasteiger partial charge in [-0.1, -0.05) is 13.3 Å². The molecule has 0 aromatic carbocycles. The first kappa shape index (κ1) is 15.5. The van der Waals surface area contributed by atoms with Crippen molar-refractivity contribution in [3.8, 4) is 0 Å². The lowest BCUT2D eigenvalue weighted by atomic mass is 9.98. The van der Waals surface area contributed by atoms with Gasteiger partial charge in [0.1, 0.15) is 0 Å². The molecule has 0 spiro atoms. The van der Waals surface area contributed by atoms with Crippen molar-refractivity contribution in [1.29, 1.82) is 0 Å². The van der Waals surface area contributed by atoms with Crippen molar-refractivity contribution in [1.82, 2.24) is 10.3 Å². The van der Waals surface area contributed by atoms with Gasteiger partial charge in [0.15, 0.2) is 0 Å². The van der Waals surface area contributed by atoms with Crippen LogP contribution >= 0.6 is 11.3 Å². The summed E-state index contributed by atoms with van der Waals surface area (Å²) in [5, 5.41) is 0. The molecule has 2 rings (SSSR count). The molecule has 0 saturated carbocycles. The Kier molecular flexibility index (Phi) is 5.57. The number of carbonyl (C=O) groups excluding carboxylic acids is 1. The smallest absolute Gasteiger partial charge is 0.275 e. The lowest BCUT2D eigenvalue weighted by Gasteiger charge is -2.20. The van der Waals surface area contributed by atoms with Crippen molar-refractivity contribution < 1.29 is 4.79 Å². The van der Waals surface area contributed by atoms with Crippen LogP contribution in [0.15, 0.2) is 6.07 Å². The number of nitrogen functional groups attached to an aromatic ring is 1. The van der Waals surface area contributed by atoms with Gasteiger partial charge in [0.25, 0.3) is 5.91 Å². The van der Waals surface area contributed by atoms with Gasteiger partial charge < -0.3 is 0 Å². The Morgan fingerprint density at radius 2 is 2.30 bits per heavy atom. The first-order chi connectivity index (χ1) is 9.63. The molecule has 1 saturated heterocycles. The van der Waals surface area contributed by atoms with Crippen molar-refractivity contribution in [3.63, 3.8) is 0 Å². The molecule has 1 aliphatic rings. The maximum absolute atomic E-state index is 11.6. The van der Waals surface area contributed by atoms with E-state index in [0.717, 1.165) is 12.5 Å². The summed E-state index contributed by atoms with van der Waals surface area (Å²) in [6.07, 6.45) is 5.25. The summed E-state index contributed by atoms with van der Waals surface area (Å²) < 4.78 is 0. The lowest BCUT2D eigenvalue weighted by Crippen LogP contribution is -2.29. The van der Waals surface area contributed by atoms with Crippen LogP contribution in [0.1, 0.15) is 52.7 Å². The third-order valence-electron chi connectivity index (χ3n) is 4.29. The number of rotatable bonds is 4. The van der Waals surface area contributed by atoms with E-state index in [9.17, 15) is 4.79 Å². The van der Waals surface area contributed by atoms with Gasteiger partial charge in [-0.15, -0.1) is 11.3 Å². The summed E-state index contributed by atoms with van der Waals surface area (Å²) >= 11 is 1.53. The quantitative estimate of drug-likeness (QED) is 0.510. The van der Waals surface area contributed by atoms with Gasteiger partial charge in [-0.3, -0.25) is 15.1 Å². The lowest BCUT2D eigenvalue weighted by molar-refractivity contribution is 0.0957. The molecule has 0 bridgehead atoms. The predicted octanol–water partition coefficient (Wildman–Crippen LogP) is 2.67. The average Bonchev–Trinajstić information content (AvgIpc) is 2.68. The zero-order valence-corrected chi connectivity index (χ0v) is 13.3. The van der Waals surface area contributed by atoms with Gasteiger partial charge >= 0.3 is 0 Å².